The van der Waals surface area contributed by atoms with Crippen LogP contribution in [0.15, 0.2) is 40.9 Å². The molecular formula is C16H14BrNO2. The van der Waals surface area contributed by atoms with Crippen LogP contribution >= 0.6 is 15.9 Å². The Morgan fingerprint density at radius 1 is 1.20 bits per heavy atom. The molecule has 0 saturated carbocycles. The lowest BCUT2D eigenvalue weighted by atomic mass is 10.2. The maximum absolute atomic E-state index is 11.7. The van der Waals surface area contributed by atoms with Crippen LogP contribution in [-0.4, -0.2) is 5.91 Å². The first-order chi connectivity index (χ1) is 9.54. The van der Waals surface area contributed by atoms with Crippen LogP contribution in [0.25, 0.3) is 11.1 Å². The third-order valence-electron chi connectivity index (χ3n) is 3.16. The van der Waals surface area contributed by atoms with E-state index in [4.69, 9.17) is 4.74 Å². The molecule has 0 bridgehead atoms. The summed E-state index contributed by atoms with van der Waals surface area (Å²) < 4.78 is 6.62. The van der Waals surface area contributed by atoms with Crippen molar-refractivity contribution in [2.75, 3.05) is 5.32 Å². The Balaban J connectivity index is 1.74. The molecule has 0 fully saturated rings. The molecule has 0 unspecified atom stereocenters. The van der Waals surface area contributed by atoms with Crippen molar-refractivity contribution in [1.29, 1.82) is 0 Å². The number of hydrogen-bond acceptors (Lipinski definition) is 2. The van der Waals surface area contributed by atoms with Gasteiger partial charge in [-0.25, -0.2) is 0 Å². The highest BCUT2D eigenvalue weighted by atomic mass is 79.9. The Bertz CT molecular complexity index is 695. The van der Waals surface area contributed by atoms with Crippen LogP contribution in [0, 0.1) is 5.92 Å². The van der Waals surface area contributed by atoms with Crippen molar-refractivity contribution in [3.8, 4) is 22.6 Å². The van der Waals surface area contributed by atoms with Gasteiger partial charge in [0.05, 0.1) is 5.69 Å². The van der Waals surface area contributed by atoms with Crippen LogP contribution in [0.2, 0.25) is 0 Å². The largest absolute Gasteiger partial charge is 0.457 e. The predicted octanol–water partition coefficient (Wildman–Crippen LogP) is 4.82. The normalized spacial score (nSPS) is 11.4. The van der Waals surface area contributed by atoms with Gasteiger partial charge >= 0.3 is 0 Å². The van der Waals surface area contributed by atoms with Crippen molar-refractivity contribution in [2.24, 2.45) is 5.92 Å². The van der Waals surface area contributed by atoms with Gasteiger partial charge in [-0.05, 0) is 51.8 Å². The van der Waals surface area contributed by atoms with Gasteiger partial charge in [0.2, 0.25) is 5.91 Å². The number of amides is 1. The van der Waals surface area contributed by atoms with Crippen molar-refractivity contribution < 1.29 is 9.53 Å². The first-order valence-electron chi connectivity index (χ1n) is 6.47. The van der Waals surface area contributed by atoms with E-state index < -0.39 is 0 Å². The van der Waals surface area contributed by atoms with Gasteiger partial charge in [-0.15, -0.1) is 0 Å². The third kappa shape index (κ3) is 2.56. The summed E-state index contributed by atoms with van der Waals surface area (Å²) in [6, 6.07) is 11.6. The molecule has 0 spiro atoms. The summed E-state index contributed by atoms with van der Waals surface area (Å²) in [5, 5.41) is 2.87. The summed E-state index contributed by atoms with van der Waals surface area (Å²) in [5.41, 5.74) is 3.18. The van der Waals surface area contributed by atoms with E-state index in [0.29, 0.717) is 0 Å². The highest BCUT2D eigenvalue weighted by molar-refractivity contribution is 9.10. The van der Waals surface area contributed by atoms with Crippen LogP contribution in [-0.2, 0) is 4.79 Å². The standard InChI is InChI=1S/C16H14BrNO2/c1-9(2)16(19)18-14-5-4-11(8-13(14)17)20-15-6-3-10-7-12(10)15/h3-9H,1-2H3,(H,18,19). The lowest BCUT2D eigenvalue weighted by Crippen LogP contribution is -2.17. The number of benzene rings is 2. The van der Waals surface area contributed by atoms with Crippen LogP contribution in [0.3, 0.4) is 0 Å². The molecule has 0 heterocycles. The molecule has 1 aromatic carbocycles. The molecule has 20 heavy (non-hydrogen) atoms. The first-order valence-corrected chi connectivity index (χ1v) is 7.26. The highest BCUT2D eigenvalue weighted by Gasteiger charge is 2.19. The number of rotatable bonds is 4. The van der Waals surface area contributed by atoms with E-state index in [-0.39, 0.29) is 11.8 Å². The van der Waals surface area contributed by atoms with E-state index in [1.165, 1.54) is 11.1 Å². The molecule has 3 rings (SSSR count). The first kappa shape index (κ1) is 13.2. The number of anilines is 1. The highest BCUT2D eigenvalue weighted by Crippen LogP contribution is 2.45. The number of carbonyl (C=O) groups excluding carboxylic acids is 1. The quantitative estimate of drug-likeness (QED) is 0.744. The van der Waals surface area contributed by atoms with E-state index in [9.17, 15) is 4.79 Å². The zero-order chi connectivity index (χ0) is 14.3. The fourth-order valence-electron chi connectivity index (χ4n) is 1.88. The molecule has 4 heteroatoms. The molecule has 0 saturated heterocycles. The minimum absolute atomic E-state index is 0.00477. The molecule has 2 aliphatic carbocycles. The van der Waals surface area contributed by atoms with Crippen molar-refractivity contribution in [3.63, 3.8) is 0 Å². The second-order valence-corrected chi connectivity index (χ2v) is 5.95. The fraction of sp³-hybridized carbons (Fsp3) is 0.188. The molecule has 1 aromatic rings. The number of fused-ring (bicyclic) bond motifs is 1. The number of ether oxygens (including phenoxy) is 1. The molecule has 0 aliphatic heterocycles. The van der Waals surface area contributed by atoms with E-state index in [0.717, 1.165) is 21.7 Å². The molecule has 1 N–H and O–H groups in total. The monoisotopic (exact) mass is 331 g/mol. The van der Waals surface area contributed by atoms with Crippen LogP contribution in [0.5, 0.6) is 11.5 Å². The average Bonchev–Trinajstić information content (AvgIpc) is 3.08. The molecule has 0 radical (unpaired) electrons. The topological polar surface area (TPSA) is 38.3 Å². The molecule has 2 aliphatic rings. The Labute approximate surface area is 126 Å². The molecule has 0 aromatic heterocycles. The summed E-state index contributed by atoms with van der Waals surface area (Å²) in [5.74, 6) is 1.57. The SMILES string of the molecule is CC(C)C(=O)Nc1ccc(Oc2ccc3cc2-3)cc1Br. The number of nitrogens with one attached hydrogen (secondary N) is 1. The molecule has 102 valence electrons. The van der Waals surface area contributed by atoms with Gasteiger partial charge in [0.25, 0.3) is 0 Å². The molecule has 0 atom stereocenters. The number of halogens is 1. The van der Waals surface area contributed by atoms with E-state index in [1.807, 2.05) is 44.2 Å². The summed E-state index contributed by atoms with van der Waals surface area (Å²) >= 11 is 3.46. The molecular weight excluding hydrogens is 318 g/mol. The van der Waals surface area contributed by atoms with E-state index in [1.54, 1.807) is 0 Å². The van der Waals surface area contributed by atoms with Gasteiger partial charge in [-0.3, -0.25) is 4.79 Å². The van der Waals surface area contributed by atoms with Crippen LogP contribution < -0.4 is 10.1 Å². The Hall–Kier alpha value is -1.81. The third-order valence-corrected chi connectivity index (χ3v) is 3.81. The Morgan fingerprint density at radius 2 is 2.00 bits per heavy atom. The summed E-state index contributed by atoms with van der Waals surface area (Å²) in [6.45, 7) is 3.72. The zero-order valence-electron chi connectivity index (χ0n) is 11.2. The summed E-state index contributed by atoms with van der Waals surface area (Å²) in [4.78, 5) is 11.7. The van der Waals surface area contributed by atoms with Crippen molar-refractivity contribution in [3.05, 3.63) is 40.9 Å². The minimum Gasteiger partial charge on any atom is -0.457 e. The average molecular weight is 332 g/mol. The molecule has 1 amide bonds. The fourth-order valence-corrected chi connectivity index (χ4v) is 2.34. The van der Waals surface area contributed by atoms with Crippen molar-refractivity contribution in [1.82, 2.24) is 0 Å². The van der Waals surface area contributed by atoms with Crippen molar-refractivity contribution in [2.45, 2.75) is 13.8 Å². The minimum atomic E-state index is -0.0484. The van der Waals surface area contributed by atoms with E-state index in [2.05, 4.69) is 27.3 Å². The number of carbonyl (C=O) groups is 1. The van der Waals surface area contributed by atoms with Gasteiger partial charge in [-0.2, -0.15) is 0 Å². The number of hydrogen-bond donors (Lipinski definition) is 1. The van der Waals surface area contributed by atoms with Gasteiger partial charge in [0.1, 0.15) is 11.5 Å². The van der Waals surface area contributed by atoms with Crippen LogP contribution in [0.4, 0.5) is 5.69 Å². The lowest BCUT2D eigenvalue weighted by molar-refractivity contribution is -0.118. The molecule has 3 nitrogen and oxygen atoms in total. The Kier molecular flexibility index (Phi) is 3.26. The zero-order valence-corrected chi connectivity index (χ0v) is 12.8. The van der Waals surface area contributed by atoms with Gasteiger partial charge in [-0.1, -0.05) is 19.9 Å². The van der Waals surface area contributed by atoms with E-state index >= 15 is 0 Å². The second-order valence-electron chi connectivity index (χ2n) is 5.10. The lowest BCUT2D eigenvalue weighted by Gasteiger charge is -2.11. The summed E-state index contributed by atoms with van der Waals surface area (Å²) in [7, 11) is 0. The smallest absolute Gasteiger partial charge is 0.226 e. The maximum Gasteiger partial charge on any atom is 0.226 e. The van der Waals surface area contributed by atoms with Gasteiger partial charge < -0.3 is 10.1 Å². The second kappa shape index (κ2) is 4.94. The Morgan fingerprint density at radius 3 is 2.55 bits per heavy atom. The summed E-state index contributed by atoms with van der Waals surface area (Å²) in [6.07, 6.45) is 0. The maximum atomic E-state index is 11.7. The van der Waals surface area contributed by atoms with Gasteiger partial charge in [0.15, 0.2) is 0 Å². The van der Waals surface area contributed by atoms with Gasteiger partial charge in [0, 0.05) is 16.0 Å². The predicted molar refractivity (Wildman–Crippen MR) is 83.1 cm³/mol. The van der Waals surface area contributed by atoms with Crippen molar-refractivity contribution >= 4 is 27.5 Å². The van der Waals surface area contributed by atoms with Crippen LogP contribution in [0.1, 0.15) is 13.8 Å².